The third-order valence-corrected chi connectivity index (χ3v) is 4.80. The van der Waals surface area contributed by atoms with Gasteiger partial charge in [0, 0.05) is 10.1 Å². The summed E-state index contributed by atoms with van der Waals surface area (Å²) in [6.45, 7) is 1.70. The molecule has 1 fully saturated rings. The van der Waals surface area contributed by atoms with Gasteiger partial charge in [-0.05, 0) is 31.9 Å². The summed E-state index contributed by atoms with van der Waals surface area (Å²) in [4.78, 5) is 12.9. The van der Waals surface area contributed by atoms with Crippen LogP contribution in [0.25, 0.3) is 0 Å². The molecule has 2 rings (SSSR count). The van der Waals surface area contributed by atoms with Crippen molar-refractivity contribution in [1.82, 2.24) is 5.32 Å². The number of anilines is 1. The summed E-state index contributed by atoms with van der Waals surface area (Å²) >= 11 is 1.85. The van der Waals surface area contributed by atoms with Gasteiger partial charge in [-0.1, -0.05) is 25.0 Å². The van der Waals surface area contributed by atoms with Gasteiger partial charge in [0.05, 0.1) is 18.3 Å². The average Bonchev–Trinajstić information content (AvgIpc) is 2.93. The fraction of sp³-hybridized carbons (Fsp3) is 0.533. The maximum atomic E-state index is 11.8. The van der Waals surface area contributed by atoms with E-state index in [9.17, 15) is 4.79 Å². The predicted octanol–water partition coefficient (Wildman–Crippen LogP) is 3.22. The van der Waals surface area contributed by atoms with E-state index in [0.29, 0.717) is 5.25 Å². The molecule has 5 heteroatoms. The summed E-state index contributed by atoms with van der Waals surface area (Å²) in [7, 11) is 0. The van der Waals surface area contributed by atoms with Crippen molar-refractivity contribution in [3.8, 4) is 0 Å². The Morgan fingerprint density at radius 2 is 2.10 bits per heavy atom. The first-order chi connectivity index (χ1) is 9.69. The summed E-state index contributed by atoms with van der Waals surface area (Å²) in [6, 6.07) is 7.37. The number of thioether (sulfide) groups is 1. The number of aliphatic hydroxyl groups is 1. The van der Waals surface area contributed by atoms with Crippen LogP contribution in [0.3, 0.4) is 0 Å². The Bertz CT molecular complexity index is 447. The minimum atomic E-state index is -0.272. The summed E-state index contributed by atoms with van der Waals surface area (Å²) < 4.78 is 0. The lowest BCUT2D eigenvalue weighted by atomic mass is 10.3. The van der Waals surface area contributed by atoms with Crippen LogP contribution in [0.5, 0.6) is 0 Å². The zero-order valence-corrected chi connectivity index (χ0v) is 12.6. The first-order valence-electron chi connectivity index (χ1n) is 7.13. The van der Waals surface area contributed by atoms with Gasteiger partial charge in [-0.3, -0.25) is 0 Å². The molecule has 0 aliphatic heterocycles. The molecule has 3 N–H and O–H groups in total. The van der Waals surface area contributed by atoms with E-state index >= 15 is 0 Å². The van der Waals surface area contributed by atoms with E-state index in [1.54, 1.807) is 6.92 Å². The van der Waals surface area contributed by atoms with Gasteiger partial charge in [0.15, 0.2) is 0 Å². The van der Waals surface area contributed by atoms with Crippen LogP contribution in [-0.4, -0.2) is 29.0 Å². The molecule has 0 heterocycles. The van der Waals surface area contributed by atoms with Crippen LogP contribution in [0.2, 0.25) is 0 Å². The van der Waals surface area contributed by atoms with Gasteiger partial charge in [-0.2, -0.15) is 0 Å². The first-order valence-corrected chi connectivity index (χ1v) is 8.01. The molecule has 0 spiro atoms. The van der Waals surface area contributed by atoms with E-state index in [-0.39, 0.29) is 18.7 Å². The quantitative estimate of drug-likeness (QED) is 0.781. The molecule has 1 aliphatic carbocycles. The molecule has 2 amide bonds. The number of carbonyl (C=O) groups is 1. The molecule has 110 valence electrons. The third kappa shape index (κ3) is 4.42. The van der Waals surface area contributed by atoms with E-state index in [1.165, 1.54) is 25.7 Å². The highest BCUT2D eigenvalue weighted by Gasteiger charge is 2.18. The van der Waals surface area contributed by atoms with Crippen LogP contribution in [0.15, 0.2) is 29.2 Å². The molecule has 1 aromatic carbocycles. The second kappa shape index (κ2) is 7.55. The summed E-state index contributed by atoms with van der Waals surface area (Å²) in [5.41, 5.74) is 0.840. The number of hydrogen-bond acceptors (Lipinski definition) is 3. The Morgan fingerprint density at radius 3 is 2.80 bits per heavy atom. The fourth-order valence-electron chi connectivity index (χ4n) is 2.29. The van der Waals surface area contributed by atoms with Crippen molar-refractivity contribution in [1.29, 1.82) is 0 Å². The number of rotatable bonds is 5. The van der Waals surface area contributed by atoms with E-state index < -0.39 is 0 Å². The molecule has 20 heavy (non-hydrogen) atoms. The van der Waals surface area contributed by atoms with Gasteiger partial charge >= 0.3 is 6.03 Å². The van der Waals surface area contributed by atoms with Crippen LogP contribution in [0.4, 0.5) is 10.5 Å². The monoisotopic (exact) mass is 294 g/mol. The van der Waals surface area contributed by atoms with Crippen molar-refractivity contribution in [2.45, 2.75) is 48.8 Å². The van der Waals surface area contributed by atoms with Crippen LogP contribution in [0, 0.1) is 0 Å². The van der Waals surface area contributed by atoms with Gasteiger partial charge in [0.1, 0.15) is 0 Å². The van der Waals surface area contributed by atoms with Gasteiger partial charge in [-0.25, -0.2) is 4.79 Å². The van der Waals surface area contributed by atoms with Crippen LogP contribution in [-0.2, 0) is 0 Å². The Morgan fingerprint density at radius 1 is 1.40 bits per heavy atom. The molecule has 4 nitrogen and oxygen atoms in total. The summed E-state index contributed by atoms with van der Waals surface area (Å²) in [5, 5.41) is 15.2. The van der Waals surface area contributed by atoms with Crippen molar-refractivity contribution >= 4 is 23.5 Å². The Labute approximate surface area is 124 Å². The maximum absolute atomic E-state index is 11.8. The molecule has 0 saturated heterocycles. The van der Waals surface area contributed by atoms with Crippen LogP contribution >= 0.6 is 11.8 Å². The zero-order chi connectivity index (χ0) is 14.4. The van der Waals surface area contributed by atoms with E-state index in [4.69, 9.17) is 5.11 Å². The minimum absolute atomic E-state index is 0.0636. The highest BCUT2D eigenvalue weighted by molar-refractivity contribution is 8.00. The fourth-order valence-corrected chi connectivity index (χ4v) is 3.62. The number of hydrogen-bond donors (Lipinski definition) is 3. The summed E-state index contributed by atoms with van der Waals surface area (Å²) in [5.74, 6) is 0. The lowest BCUT2D eigenvalue weighted by Gasteiger charge is -2.16. The number of aliphatic hydroxyl groups excluding tert-OH is 1. The standard InChI is InChI=1S/C15H22N2O2S/c1-11(10-18)16-15(19)17-13-8-4-5-9-14(13)20-12-6-2-3-7-12/h4-5,8-9,11-12,18H,2-3,6-7,10H2,1H3,(H2,16,17,19). The normalized spacial score (nSPS) is 16.9. The molecule has 0 bridgehead atoms. The Kier molecular flexibility index (Phi) is 5.73. The largest absolute Gasteiger partial charge is 0.394 e. The highest BCUT2D eigenvalue weighted by atomic mass is 32.2. The lowest BCUT2D eigenvalue weighted by molar-refractivity contribution is 0.229. The predicted molar refractivity (Wildman–Crippen MR) is 83.3 cm³/mol. The molecule has 0 radical (unpaired) electrons. The molecule has 0 aromatic heterocycles. The number of nitrogens with one attached hydrogen (secondary N) is 2. The van der Waals surface area contributed by atoms with Crippen LogP contribution in [0.1, 0.15) is 32.6 Å². The van der Waals surface area contributed by atoms with Gasteiger partial charge in [0.2, 0.25) is 0 Å². The SMILES string of the molecule is CC(CO)NC(=O)Nc1ccccc1SC1CCCC1. The minimum Gasteiger partial charge on any atom is -0.394 e. The van der Waals surface area contributed by atoms with Crippen molar-refractivity contribution in [2.24, 2.45) is 0 Å². The number of amides is 2. The van der Waals surface area contributed by atoms with Crippen molar-refractivity contribution in [3.63, 3.8) is 0 Å². The molecule has 1 aromatic rings. The topological polar surface area (TPSA) is 61.4 Å². The highest BCUT2D eigenvalue weighted by Crippen LogP contribution is 2.37. The summed E-state index contributed by atoms with van der Waals surface area (Å²) in [6.07, 6.45) is 5.13. The average molecular weight is 294 g/mol. The van der Waals surface area contributed by atoms with E-state index in [0.717, 1.165) is 10.6 Å². The Balaban J connectivity index is 1.98. The van der Waals surface area contributed by atoms with Crippen LogP contribution < -0.4 is 10.6 Å². The number of carbonyl (C=O) groups excluding carboxylic acids is 1. The number of para-hydroxylation sites is 1. The van der Waals surface area contributed by atoms with Gasteiger partial charge in [0.25, 0.3) is 0 Å². The van der Waals surface area contributed by atoms with E-state index in [2.05, 4.69) is 10.6 Å². The Hall–Kier alpha value is -1.20. The third-order valence-electron chi connectivity index (χ3n) is 3.38. The van der Waals surface area contributed by atoms with Gasteiger partial charge in [-0.15, -0.1) is 11.8 Å². The smallest absolute Gasteiger partial charge is 0.319 e. The van der Waals surface area contributed by atoms with E-state index in [1.807, 2.05) is 36.0 Å². The van der Waals surface area contributed by atoms with Crippen molar-refractivity contribution < 1.29 is 9.90 Å². The second-order valence-corrected chi connectivity index (χ2v) is 6.54. The number of urea groups is 1. The van der Waals surface area contributed by atoms with Gasteiger partial charge < -0.3 is 15.7 Å². The molecule has 1 aliphatic rings. The zero-order valence-electron chi connectivity index (χ0n) is 11.8. The van der Waals surface area contributed by atoms with Crippen molar-refractivity contribution in [3.05, 3.63) is 24.3 Å². The molecule has 1 saturated carbocycles. The molecular formula is C15H22N2O2S. The lowest BCUT2D eigenvalue weighted by Crippen LogP contribution is -2.38. The maximum Gasteiger partial charge on any atom is 0.319 e. The molecule has 1 unspecified atom stereocenters. The molecular weight excluding hydrogens is 272 g/mol. The van der Waals surface area contributed by atoms with Crippen molar-refractivity contribution in [2.75, 3.05) is 11.9 Å². The second-order valence-electron chi connectivity index (χ2n) is 5.20. The number of benzene rings is 1. The first kappa shape index (κ1) is 15.2. The molecule has 1 atom stereocenters.